The molecule has 4 nitrogen and oxygen atoms in total. The van der Waals surface area contributed by atoms with Gasteiger partial charge in [0.25, 0.3) is 0 Å². The largest absolute Gasteiger partial charge is 0.383 e. The summed E-state index contributed by atoms with van der Waals surface area (Å²) in [4.78, 5) is 8.91. The maximum atomic E-state index is 5.91. The third-order valence-corrected chi connectivity index (χ3v) is 3.80. The Kier molecular flexibility index (Phi) is 3.68. The van der Waals surface area contributed by atoms with Crippen LogP contribution < -0.4 is 5.73 Å². The highest BCUT2D eigenvalue weighted by molar-refractivity contribution is 9.10. The third kappa shape index (κ3) is 2.60. The Hall–Kier alpha value is -0.680. The molecule has 2 heterocycles. The second kappa shape index (κ2) is 4.90. The third-order valence-electron chi connectivity index (χ3n) is 2.99. The second-order valence-electron chi connectivity index (χ2n) is 4.83. The van der Waals surface area contributed by atoms with E-state index in [-0.39, 0.29) is 12.2 Å². The molecule has 1 aliphatic heterocycles. The van der Waals surface area contributed by atoms with Crippen molar-refractivity contribution in [1.82, 2.24) is 9.97 Å². The van der Waals surface area contributed by atoms with Crippen molar-refractivity contribution in [2.24, 2.45) is 0 Å². The summed E-state index contributed by atoms with van der Waals surface area (Å²) in [5.74, 6) is 1.54. The van der Waals surface area contributed by atoms with Crippen LogP contribution in [0.2, 0.25) is 0 Å². The second-order valence-corrected chi connectivity index (χ2v) is 5.63. The summed E-state index contributed by atoms with van der Waals surface area (Å²) >= 11 is 3.44. The van der Waals surface area contributed by atoms with Crippen molar-refractivity contribution in [1.29, 1.82) is 0 Å². The Morgan fingerprint density at radius 2 is 2.06 bits per heavy atom. The SMILES string of the molecule is CC1CCC(c2nc(N)c(Br)c(C(C)C)n2)O1. The summed E-state index contributed by atoms with van der Waals surface area (Å²) in [5.41, 5.74) is 6.86. The van der Waals surface area contributed by atoms with Crippen LogP contribution in [0.5, 0.6) is 0 Å². The van der Waals surface area contributed by atoms with Gasteiger partial charge in [0.2, 0.25) is 0 Å². The Morgan fingerprint density at radius 3 is 2.59 bits per heavy atom. The van der Waals surface area contributed by atoms with E-state index in [1.165, 1.54) is 0 Å². The van der Waals surface area contributed by atoms with Crippen molar-refractivity contribution < 1.29 is 4.74 Å². The van der Waals surface area contributed by atoms with Gasteiger partial charge in [-0.2, -0.15) is 0 Å². The van der Waals surface area contributed by atoms with Crippen molar-refractivity contribution >= 4 is 21.7 Å². The van der Waals surface area contributed by atoms with Crippen molar-refractivity contribution in [2.75, 3.05) is 5.73 Å². The molecule has 0 aromatic carbocycles. The van der Waals surface area contributed by atoms with Gasteiger partial charge in [0.1, 0.15) is 11.9 Å². The maximum Gasteiger partial charge on any atom is 0.159 e. The first kappa shape index (κ1) is 12.8. The normalized spacial score (nSPS) is 24.5. The molecule has 1 aliphatic rings. The molecule has 2 unspecified atom stereocenters. The van der Waals surface area contributed by atoms with Gasteiger partial charge in [-0.15, -0.1) is 0 Å². The number of ether oxygens (including phenoxy) is 1. The van der Waals surface area contributed by atoms with Gasteiger partial charge in [0, 0.05) is 0 Å². The van der Waals surface area contributed by atoms with Gasteiger partial charge in [-0.25, -0.2) is 9.97 Å². The average Bonchev–Trinajstić information content (AvgIpc) is 2.68. The van der Waals surface area contributed by atoms with Crippen LogP contribution in [-0.4, -0.2) is 16.1 Å². The molecule has 94 valence electrons. The van der Waals surface area contributed by atoms with E-state index in [0.717, 1.165) is 28.8 Å². The number of rotatable bonds is 2. The van der Waals surface area contributed by atoms with E-state index in [4.69, 9.17) is 10.5 Å². The minimum absolute atomic E-state index is 0.00194. The molecule has 0 spiro atoms. The quantitative estimate of drug-likeness (QED) is 0.911. The molecule has 2 N–H and O–H groups in total. The number of aromatic nitrogens is 2. The van der Waals surface area contributed by atoms with Gasteiger partial charge in [0.15, 0.2) is 5.82 Å². The molecular formula is C12H18BrN3O. The summed E-state index contributed by atoms with van der Waals surface area (Å²) in [7, 11) is 0. The Balaban J connectivity index is 2.35. The lowest BCUT2D eigenvalue weighted by Gasteiger charge is -2.15. The number of nitrogen functional groups attached to an aromatic ring is 1. The lowest BCUT2D eigenvalue weighted by atomic mass is 10.1. The van der Waals surface area contributed by atoms with Crippen LogP contribution in [0.3, 0.4) is 0 Å². The minimum atomic E-state index is -0.00194. The smallest absolute Gasteiger partial charge is 0.159 e. The molecule has 17 heavy (non-hydrogen) atoms. The number of halogens is 1. The van der Waals surface area contributed by atoms with E-state index in [9.17, 15) is 0 Å². The number of hydrogen-bond donors (Lipinski definition) is 1. The molecule has 0 aliphatic carbocycles. The van der Waals surface area contributed by atoms with Crippen molar-refractivity contribution in [3.63, 3.8) is 0 Å². The molecular weight excluding hydrogens is 282 g/mol. The van der Waals surface area contributed by atoms with Crippen LogP contribution in [-0.2, 0) is 4.74 Å². The van der Waals surface area contributed by atoms with E-state index >= 15 is 0 Å². The molecule has 1 saturated heterocycles. The predicted molar refractivity (Wildman–Crippen MR) is 70.8 cm³/mol. The molecule has 0 bridgehead atoms. The molecule has 1 aromatic rings. The monoisotopic (exact) mass is 299 g/mol. The first-order valence-electron chi connectivity index (χ1n) is 5.97. The highest BCUT2D eigenvalue weighted by Crippen LogP contribution is 2.34. The molecule has 2 atom stereocenters. The number of anilines is 1. The highest BCUT2D eigenvalue weighted by Gasteiger charge is 2.27. The summed E-state index contributed by atoms with van der Waals surface area (Å²) in [5, 5.41) is 0. The zero-order chi connectivity index (χ0) is 12.6. The molecule has 1 fully saturated rings. The summed E-state index contributed by atoms with van der Waals surface area (Å²) < 4.78 is 6.59. The molecule has 0 amide bonds. The van der Waals surface area contributed by atoms with Crippen molar-refractivity contribution in [2.45, 2.75) is 51.7 Å². The van der Waals surface area contributed by atoms with Crippen molar-refractivity contribution in [3.05, 3.63) is 16.0 Å². The Labute approximate surface area is 110 Å². The molecule has 0 radical (unpaired) electrons. The van der Waals surface area contributed by atoms with E-state index in [0.29, 0.717) is 11.7 Å². The van der Waals surface area contributed by atoms with Gasteiger partial charge in [-0.1, -0.05) is 13.8 Å². The van der Waals surface area contributed by atoms with E-state index in [1.54, 1.807) is 0 Å². The van der Waals surface area contributed by atoms with Gasteiger partial charge in [0.05, 0.1) is 16.3 Å². The standard InChI is InChI=1S/C12H18BrN3O/c1-6(2)10-9(13)11(14)16-12(15-10)8-5-4-7(3)17-8/h6-8H,4-5H2,1-3H3,(H2,14,15,16). The van der Waals surface area contributed by atoms with Crippen LogP contribution in [0, 0.1) is 0 Å². The molecule has 5 heteroatoms. The summed E-state index contributed by atoms with van der Waals surface area (Å²) in [6.07, 6.45) is 2.31. The number of nitrogens with two attached hydrogens (primary N) is 1. The first-order chi connectivity index (χ1) is 7.99. The molecule has 0 saturated carbocycles. The first-order valence-corrected chi connectivity index (χ1v) is 6.76. The predicted octanol–water partition coefficient (Wildman–Crippen LogP) is 3.18. The lowest BCUT2D eigenvalue weighted by molar-refractivity contribution is 0.0502. The average molecular weight is 300 g/mol. The van der Waals surface area contributed by atoms with Crippen LogP contribution in [0.4, 0.5) is 5.82 Å². The minimum Gasteiger partial charge on any atom is -0.383 e. The number of nitrogens with zero attached hydrogens (tertiary/aromatic N) is 2. The Morgan fingerprint density at radius 1 is 1.35 bits per heavy atom. The van der Waals surface area contributed by atoms with E-state index in [2.05, 4.69) is 46.7 Å². The van der Waals surface area contributed by atoms with Crippen LogP contribution in [0.25, 0.3) is 0 Å². The van der Waals surface area contributed by atoms with Crippen LogP contribution >= 0.6 is 15.9 Å². The topological polar surface area (TPSA) is 61.0 Å². The zero-order valence-electron chi connectivity index (χ0n) is 10.4. The van der Waals surface area contributed by atoms with Gasteiger partial charge in [-0.05, 0) is 41.6 Å². The Bertz CT molecular complexity index is 422. The van der Waals surface area contributed by atoms with Crippen molar-refractivity contribution in [3.8, 4) is 0 Å². The number of hydrogen-bond acceptors (Lipinski definition) is 4. The summed E-state index contributed by atoms with van der Waals surface area (Å²) in [6.45, 7) is 6.26. The zero-order valence-corrected chi connectivity index (χ0v) is 12.0. The molecule has 1 aromatic heterocycles. The maximum absolute atomic E-state index is 5.91. The summed E-state index contributed by atoms with van der Waals surface area (Å²) in [6, 6.07) is 0. The van der Waals surface area contributed by atoms with E-state index < -0.39 is 0 Å². The van der Waals surface area contributed by atoms with Crippen LogP contribution in [0.15, 0.2) is 4.47 Å². The van der Waals surface area contributed by atoms with E-state index in [1.807, 2.05) is 0 Å². The fourth-order valence-corrected chi connectivity index (χ4v) is 2.66. The van der Waals surface area contributed by atoms with Crippen LogP contribution in [0.1, 0.15) is 57.2 Å². The fraction of sp³-hybridized carbons (Fsp3) is 0.667. The lowest BCUT2D eigenvalue weighted by Crippen LogP contribution is -2.11. The highest BCUT2D eigenvalue weighted by atomic mass is 79.9. The van der Waals surface area contributed by atoms with Gasteiger partial charge >= 0.3 is 0 Å². The van der Waals surface area contributed by atoms with Gasteiger partial charge < -0.3 is 10.5 Å². The van der Waals surface area contributed by atoms with Gasteiger partial charge in [-0.3, -0.25) is 0 Å². The molecule has 2 rings (SSSR count). The fourth-order valence-electron chi connectivity index (χ4n) is 2.02.